The molecule has 116 valence electrons. The minimum atomic E-state index is -0.337. The molecule has 2 aromatic heterocycles. The largest absolute Gasteiger partial charge is 0.479 e. The standard InChI is InChI=1S/C18H16N2O3/c1-3-22-18(21)17-14-8-7-13(23-10-9-19)11-16(14)20-12(2)5-4-6-15(17)20/h4-8,11H,3,10H2,1-2H3. The summed E-state index contributed by atoms with van der Waals surface area (Å²) in [7, 11) is 0. The third kappa shape index (κ3) is 2.49. The number of nitrogens with zero attached hydrogens (tertiary/aromatic N) is 2. The Hall–Kier alpha value is -3.00. The number of aryl methyl sites for hydroxylation is 1. The summed E-state index contributed by atoms with van der Waals surface area (Å²) in [5.74, 6) is 0.258. The maximum Gasteiger partial charge on any atom is 0.340 e. The molecular formula is C18H16N2O3. The summed E-state index contributed by atoms with van der Waals surface area (Å²) < 4.78 is 12.6. The van der Waals surface area contributed by atoms with Gasteiger partial charge in [0, 0.05) is 17.1 Å². The Kier molecular flexibility index (Phi) is 3.90. The van der Waals surface area contributed by atoms with Crippen molar-refractivity contribution in [1.82, 2.24) is 4.40 Å². The molecule has 0 unspecified atom stereocenters. The zero-order chi connectivity index (χ0) is 16.4. The maximum absolute atomic E-state index is 12.4. The summed E-state index contributed by atoms with van der Waals surface area (Å²) in [6, 6.07) is 13.2. The van der Waals surface area contributed by atoms with Gasteiger partial charge in [0.05, 0.1) is 23.2 Å². The van der Waals surface area contributed by atoms with Crippen molar-refractivity contribution in [2.45, 2.75) is 13.8 Å². The van der Waals surface area contributed by atoms with Crippen LogP contribution in [0.3, 0.4) is 0 Å². The fourth-order valence-electron chi connectivity index (χ4n) is 2.80. The fourth-order valence-corrected chi connectivity index (χ4v) is 2.80. The maximum atomic E-state index is 12.4. The van der Waals surface area contributed by atoms with Crippen LogP contribution in [0.1, 0.15) is 23.0 Å². The van der Waals surface area contributed by atoms with Gasteiger partial charge in [-0.2, -0.15) is 5.26 Å². The predicted molar refractivity (Wildman–Crippen MR) is 86.7 cm³/mol. The van der Waals surface area contributed by atoms with Gasteiger partial charge in [-0.25, -0.2) is 4.79 Å². The van der Waals surface area contributed by atoms with Gasteiger partial charge in [-0.3, -0.25) is 0 Å². The van der Waals surface area contributed by atoms with Crippen molar-refractivity contribution in [2.24, 2.45) is 0 Å². The van der Waals surface area contributed by atoms with E-state index in [1.807, 2.05) is 47.7 Å². The molecule has 1 aromatic carbocycles. The van der Waals surface area contributed by atoms with E-state index in [4.69, 9.17) is 14.7 Å². The molecule has 3 aromatic rings. The highest BCUT2D eigenvalue weighted by atomic mass is 16.5. The fraction of sp³-hybridized carbons (Fsp3) is 0.222. The lowest BCUT2D eigenvalue weighted by molar-refractivity contribution is 0.0531. The number of aromatic nitrogens is 1. The molecule has 0 saturated heterocycles. The first-order valence-electron chi connectivity index (χ1n) is 7.38. The molecule has 0 saturated carbocycles. The summed E-state index contributed by atoms with van der Waals surface area (Å²) in [5.41, 5.74) is 3.21. The Morgan fingerprint density at radius 2 is 2.09 bits per heavy atom. The summed E-state index contributed by atoms with van der Waals surface area (Å²) in [5, 5.41) is 9.46. The van der Waals surface area contributed by atoms with E-state index in [1.165, 1.54) is 0 Å². The molecule has 2 heterocycles. The number of esters is 1. The molecule has 0 radical (unpaired) electrons. The molecule has 5 nitrogen and oxygen atoms in total. The number of carbonyl (C=O) groups excluding carboxylic acids is 1. The Morgan fingerprint density at radius 3 is 2.83 bits per heavy atom. The van der Waals surface area contributed by atoms with Crippen molar-refractivity contribution < 1.29 is 14.3 Å². The van der Waals surface area contributed by atoms with Crippen molar-refractivity contribution in [3.05, 3.63) is 47.7 Å². The summed E-state index contributed by atoms with van der Waals surface area (Å²) >= 11 is 0. The first-order chi connectivity index (χ1) is 11.2. The van der Waals surface area contributed by atoms with Gasteiger partial charge in [0.1, 0.15) is 11.8 Å². The molecule has 0 N–H and O–H groups in total. The minimum Gasteiger partial charge on any atom is -0.479 e. The van der Waals surface area contributed by atoms with Gasteiger partial charge in [-0.15, -0.1) is 0 Å². The Morgan fingerprint density at radius 1 is 1.26 bits per heavy atom. The van der Waals surface area contributed by atoms with Gasteiger partial charge in [0.2, 0.25) is 0 Å². The van der Waals surface area contributed by atoms with Crippen molar-refractivity contribution in [2.75, 3.05) is 13.2 Å². The zero-order valence-corrected chi connectivity index (χ0v) is 13.0. The van der Waals surface area contributed by atoms with Gasteiger partial charge in [-0.05, 0) is 38.1 Å². The number of nitriles is 1. The van der Waals surface area contributed by atoms with Crippen LogP contribution < -0.4 is 4.74 Å². The lowest BCUT2D eigenvalue weighted by Gasteiger charge is -2.04. The third-order valence-electron chi connectivity index (χ3n) is 3.70. The van der Waals surface area contributed by atoms with Gasteiger partial charge in [-0.1, -0.05) is 6.07 Å². The average molecular weight is 308 g/mol. The highest BCUT2D eigenvalue weighted by Crippen LogP contribution is 2.31. The molecule has 23 heavy (non-hydrogen) atoms. The number of pyridine rings is 1. The lowest BCUT2D eigenvalue weighted by Crippen LogP contribution is -2.04. The van der Waals surface area contributed by atoms with Gasteiger partial charge >= 0.3 is 5.97 Å². The van der Waals surface area contributed by atoms with Crippen molar-refractivity contribution in [1.29, 1.82) is 5.26 Å². The molecule has 0 aliphatic heterocycles. The summed E-state index contributed by atoms with van der Waals surface area (Å²) in [6.45, 7) is 4.08. The van der Waals surface area contributed by atoms with Gasteiger partial charge in [0.15, 0.2) is 6.61 Å². The minimum absolute atomic E-state index is 0.0153. The first kappa shape index (κ1) is 14.9. The highest BCUT2D eigenvalue weighted by molar-refractivity contribution is 6.12. The van der Waals surface area contributed by atoms with E-state index >= 15 is 0 Å². The Labute approximate surface area is 133 Å². The SMILES string of the molecule is CCOC(=O)c1c2ccc(OCC#N)cc2n2c(C)cccc12. The zero-order valence-electron chi connectivity index (χ0n) is 13.0. The summed E-state index contributed by atoms with van der Waals surface area (Å²) in [4.78, 5) is 12.4. The summed E-state index contributed by atoms with van der Waals surface area (Å²) in [6.07, 6.45) is 0. The van der Waals surface area contributed by atoms with Crippen molar-refractivity contribution in [3.63, 3.8) is 0 Å². The van der Waals surface area contributed by atoms with Crippen LogP contribution in [0.5, 0.6) is 5.75 Å². The van der Waals surface area contributed by atoms with E-state index < -0.39 is 0 Å². The molecule has 5 heteroatoms. The van der Waals surface area contributed by atoms with Crippen molar-refractivity contribution >= 4 is 22.4 Å². The van der Waals surface area contributed by atoms with Gasteiger partial charge < -0.3 is 13.9 Å². The van der Waals surface area contributed by atoms with Crippen molar-refractivity contribution in [3.8, 4) is 11.8 Å². The third-order valence-corrected chi connectivity index (χ3v) is 3.70. The smallest absolute Gasteiger partial charge is 0.340 e. The molecule has 0 bridgehead atoms. The van der Waals surface area contributed by atoms with Crippen LogP contribution in [0.25, 0.3) is 16.4 Å². The molecule has 0 atom stereocenters. The second-order valence-electron chi connectivity index (χ2n) is 5.11. The molecule has 0 amide bonds. The van der Waals surface area contributed by atoms with E-state index in [-0.39, 0.29) is 12.6 Å². The lowest BCUT2D eigenvalue weighted by atomic mass is 10.1. The molecule has 3 rings (SSSR count). The number of carbonyl (C=O) groups is 1. The Bertz CT molecular complexity index is 935. The van der Waals surface area contributed by atoms with Crippen LogP contribution in [0.2, 0.25) is 0 Å². The normalized spacial score (nSPS) is 10.7. The molecule has 0 spiro atoms. The monoisotopic (exact) mass is 308 g/mol. The van der Waals surface area contributed by atoms with Crippen LogP contribution in [-0.4, -0.2) is 23.6 Å². The van der Waals surface area contributed by atoms with Crippen LogP contribution in [0, 0.1) is 18.3 Å². The second-order valence-corrected chi connectivity index (χ2v) is 5.11. The van der Waals surface area contributed by atoms with Gasteiger partial charge in [0.25, 0.3) is 0 Å². The number of rotatable bonds is 4. The predicted octanol–water partition coefficient (Wildman–Crippen LogP) is 3.48. The molecule has 0 fully saturated rings. The first-order valence-corrected chi connectivity index (χ1v) is 7.38. The van der Waals surface area contributed by atoms with Crippen LogP contribution in [-0.2, 0) is 4.74 Å². The molecular weight excluding hydrogens is 292 g/mol. The van der Waals surface area contributed by atoms with E-state index in [0.29, 0.717) is 17.9 Å². The van der Waals surface area contributed by atoms with Crippen LogP contribution in [0.4, 0.5) is 0 Å². The van der Waals surface area contributed by atoms with Crippen LogP contribution >= 0.6 is 0 Å². The van der Waals surface area contributed by atoms with E-state index in [2.05, 4.69) is 0 Å². The second kappa shape index (κ2) is 6.01. The number of fused-ring (bicyclic) bond motifs is 3. The van der Waals surface area contributed by atoms with E-state index in [9.17, 15) is 4.79 Å². The number of ether oxygens (including phenoxy) is 2. The Balaban J connectivity index is 2.31. The highest BCUT2D eigenvalue weighted by Gasteiger charge is 2.20. The molecule has 0 aliphatic rings. The molecule has 0 aliphatic carbocycles. The topological polar surface area (TPSA) is 63.7 Å². The average Bonchev–Trinajstić information content (AvgIpc) is 2.88. The number of hydrogen-bond donors (Lipinski definition) is 0. The van der Waals surface area contributed by atoms with E-state index in [0.717, 1.165) is 22.1 Å². The number of benzene rings is 1. The van der Waals surface area contributed by atoms with E-state index in [1.54, 1.807) is 13.0 Å². The number of hydrogen-bond acceptors (Lipinski definition) is 4. The quantitative estimate of drug-likeness (QED) is 0.692. The van der Waals surface area contributed by atoms with Crippen LogP contribution in [0.15, 0.2) is 36.4 Å².